The number of carboxylic acid groups (broad SMARTS) is 1. The molecule has 0 bridgehead atoms. The minimum Gasteiger partial charge on any atom is -0.508 e. The van der Waals surface area contributed by atoms with E-state index >= 15 is 8.78 Å². The maximum atomic E-state index is 16.5. The van der Waals surface area contributed by atoms with Crippen molar-refractivity contribution < 1.29 is 28.5 Å². The van der Waals surface area contributed by atoms with Crippen LogP contribution >= 0.6 is 0 Å². The number of fused-ring (bicyclic) bond motifs is 2. The van der Waals surface area contributed by atoms with E-state index in [2.05, 4.69) is 15.3 Å². The number of phenols is 1. The molecule has 2 fully saturated rings. The molecule has 9 nitrogen and oxygen atoms in total. The summed E-state index contributed by atoms with van der Waals surface area (Å²) in [5.41, 5.74) is -0.842. The molecule has 1 aliphatic heterocycles. The molecular weight excluding hydrogens is 544 g/mol. The molecule has 2 heterocycles. The first kappa shape index (κ1) is 28.0. The number of nitrogens with zero attached hydrogens (tertiary/aromatic N) is 4. The zero-order valence-corrected chi connectivity index (χ0v) is 23.7. The van der Waals surface area contributed by atoms with Gasteiger partial charge in [-0.25, -0.2) is 8.78 Å². The lowest BCUT2D eigenvalue weighted by Gasteiger charge is -2.33. The summed E-state index contributed by atoms with van der Waals surface area (Å²) in [6.07, 6.45) is 0.449. The molecule has 11 heteroatoms. The van der Waals surface area contributed by atoms with Gasteiger partial charge < -0.3 is 30.1 Å². The van der Waals surface area contributed by atoms with Crippen molar-refractivity contribution in [1.29, 1.82) is 0 Å². The average Bonchev–Trinajstić information content (AvgIpc) is 3.65. The minimum atomic E-state index is -0.893. The molecule has 2 aliphatic rings. The highest BCUT2D eigenvalue weighted by atomic mass is 19.1. The number of aromatic nitrogens is 2. The number of aromatic hydroxyl groups is 1. The van der Waals surface area contributed by atoms with Crippen molar-refractivity contribution in [2.75, 3.05) is 51.8 Å². The van der Waals surface area contributed by atoms with Gasteiger partial charge in [0, 0.05) is 43.0 Å². The van der Waals surface area contributed by atoms with Gasteiger partial charge in [-0.05, 0) is 62.0 Å². The van der Waals surface area contributed by atoms with Crippen molar-refractivity contribution >= 4 is 33.5 Å². The monoisotopic (exact) mass is 577 g/mol. The number of carboxylic acids is 1. The fraction of sp³-hybridized carbons (Fsp3) is 0.387. The van der Waals surface area contributed by atoms with Crippen LogP contribution in [0.4, 0.5) is 14.6 Å². The number of aliphatic carboxylic acids is 1. The molecule has 0 radical (unpaired) electrons. The highest BCUT2D eigenvalue weighted by Gasteiger charge is 2.59. The Hall–Kier alpha value is -4.09. The Kier molecular flexibility index (Phi) is 7.10. The van der Waals surface area contributed by atoms with Gasteiger partial charge in [-0.2, -0.15) is 9.97 Å². The van der Waals surface area contributed by atoms with Crippen LogP contribution in [0.3, 0.4) is 0 Å². The van der Waals surface area contributed by atoms with E-state index in [1.54, 1.807) is 30.3 Å². The predicted octanol–water partition coefficient (Wildman–Crippen LogP) is 4.26. The van der Waals surface area contributed by atoms with Crippen LogP contribution in [0.2, 0.25) is 0 Å². The van der Waals surface area contributed by atoms with Crippen molar-refractivity contribution in [3.63, 3.8) is 0 Å². The molecule has 42 heavy (non-hydrogen) atoms. The Balaban J connectivity index is 1.49. The number of phenolic OH excluding ortho intramolecular Hbond substituents is 1. The van der Waals surface area contributed by atoms with Crippen LogP contribution in [0.15, 0.2) is 42.5 Å². The highest BCUT2D eigenvalue weighted by molar-refractivity contribution is 6.01. The fourth-order valence-electron chi connectivity index (χ4n) is 6.25. The van der Waals surface area contributed by atoms with Gasteiger partial charge in [0.1, 0.15) is 22.9 Å². The summed E-state index contributed by atoms with van der Waals surface area (Å²) < 4.78 is 38.5. The lowest BCUT2D eigenvalue weighted by molar-refractivity contribution is -0.139. The highest BCUT2D eigenvalue weighted by Crippen LogP contribution is 2.53. The summed E-state index contributed by atoms with van der Waals surface area (Å²) in [5, 5.41) is 24.8. The Morgan fingerprint density at radius 3 is 2.69 bits per heavy atom. The lowest BCUT2D eigenvalue weighted by atomic mass is 9.95. The van der Waals surface area contributed by atoms with E-state index in [1.165, 1.54) is 12.1 Å². The molecule has 2 unspecified atom stereocenters. The Morgan fingerprint density at radius 2 is 1.98 bits per heavy atom. The number of anilines is 1. The molecular formula is C31H33F2N5O4. The molecule has 4 aromatic rings. The van der Waals surface area contributed by atoms with E-state index in [1.807, 2.05) is 30.8 Å². The maximum Gasteiger partial charge on any atom is 0.319 e. The van der Waals surface area contributed by atoms with Crippen molar-refractivity contribution in [2.45, 2.75) is 19.4 Å². The van der Waals surface area contributed by atoms with Crippen LogP contribution in [0.25, 0.3) is 32.8 Å². The second kappa shape index (κ2) is 10.6. The van der Waals surface area contributed by atoms with E-state index in [-0.39, 0.29) is 46.4 Å². The van der Waals surface area contributed by atoms with Crippen LogP contribution in [0, 0.1) is 23.0 Å². The summed E-state index contributed by atoms with van der Waals surface area (Å²) >= 11 is 0. The van der Waals surface area contributed by atoms with E-state index in [9.17, 15) is 15.0 Å². The largest absolute Gasteiger partial charge is 0.508 e. The second-order valence-electron chi connectivity index (χ2n) is 11.8. The molecule has 1 aromatic heterocycles. The molecule has 1 saturated heterocycles. The SMILES string of the molecule is C[C@@H]1CN(c2nc(OCC3(CN(C)C)CC3C(=O)O)nc3c(F)c(-c4cc(O)cc5ccccc45)c(F)cc23)CCN1. The van der Waals surface area contributed by atoms with Gasteiger partial charge >= 0.3 is 12.0 Å². The number of nitrogens with one attached hydrogen (secondary N) is 1. The molecule has 220 valence electrons. The van der Waals surface area contributed by atoms with Crippen molar-refractivity contribution in [3.05, 3.63) is 54.1 Å². The third kappa shape index (κ3) is 5.07. The van der Waals surface area contributed by atoms with Gasteiger partial charge in [0.05, 0.1) is 18.1 Å². The topological polar surface area (TPSA) is 111 Å². The van der Waals surface area contributed by atoms with Crippen LogP contribution in [0.5, 0.6) is 11.8 Å². The summed E-state index contributed by atoms with van der Waals surface area (Å²) in [4.78, 5) is 24.7. The third-order valence-electron chi connectivity index (χ3n) is 8.23. The standard InChI is InChI=1S/C31H33F2N5O4/c1-17-14-38(9-8-34-17)28-22-12-24(32)25(21-11-19(39)10-18-6-4-5-7-20(18)21)26(33)27(22)35-30(36-28)42-16-31(15-37(2)3)13-23(31)29(40)41/h4-7,10-12,17,23,34,39H,8-9,13-16H2,1-3H3,(H,40,41)/t17-,23?,31?/m1/s1. The van der Waals surface area contributed by atoms with E-state index < -0.39 is 28.9 Å². The number of rotatable bonds is 8. The van der Waals surface area contributed by atoms with Crippen molar-refractivity contribution in [2.24, 2.45) is 11.3 Å². The average molecular weight is 578 g/mol. The maximum absolute atomic E-state index is 16.5. The Morgan fingerprint density at radius 1 is 1.19 bits per heavy atom. The normalized spacial score (nSPS) is 22.2. The molecule has 3 aromatic carbocycles. The van der Waals surface area contributed by atoms with Crippen LogP contribution in [-0.2, 0) is 4.79 Å². The van der Waals surface area contributed by atoms with E-state index in [4.69, 9.17) is 4.74 Å². The first-order valence-corrected chi connectivity index (χ1v) is 14.0. The van der Waals surface area contributed by atoms with Gasteiger partial charge in [-0.15, -0.1) is 0 Å². The Labute approximate surface area is 241 Å². The minimum absolute atomic E-state index is 0.0396. The summed E-state index contributed by atoms with van der Waals surface area (Å²) in [5.74, 6) is -2.92. The first-order valence-electron chi connectivity index (χ1n) is 14.0. The number of hydrogen-bond donors (Lipinski definition) is 3. The van der Waals surface area contributed by atoms with Gasteiger partial charge in [-0.3, -0.25) is 4.79 Å². The molecule has 6 rings (SSSR count). The number of hydrogen-bond acceptors (Lipinski definition) is 8. The molecule has 1 saturated carbocycles. The number of ether oxygens (including phenoxy) is 1. The predicted molar refractivity (Wildman–Crippen MR) is 156 cm³/mol. The van der Waals surface area contributed by atoms with Gasteiger partial charge in [-0.1, -0.05) is 24.3 Å². The zero-order chi connectivity index (χ0) is 29.8. The van der Waals surface area contributed by atoms with Crippen molar-refractivity contribution in [1.82, 2.24) is 20.2 Å². The summed E-state index contributed by atoms with van der Waals surface area (Å²) in [7, 11) is 3.73. The number of piperazine rings is 1. The second-order valence-corrected chi connectivity index (χ2v) is 11.8. The summed E-state index contributed by atoms with van der Waals surface area (Å²) in [6, 6.07) is 11.2. The molecule has 1 aliphatic carbocycles. The zero-order valence-electron chi connectivity index (χ0n) is 23.7. The van der Waals surface area contributed by atoms with E-state index in [0.717, 1.165) is 0 Å². The Bertz CT molecular complexity index is 1700. The number of carbonyl (C=O) groups is 1. The van der Waals surface area contributed by atoms with Gasteiger partial charge in [0.25, 0.3) is 0 Å². The summed E-state index contributed by atoms with van der Waals surface area (Å²) in [6.45, 7) is 4.33. The van der Waals surface area contributed by atoms with Gasteiger partial charge in [0.15, 0.2) is 5.82 Å². The van der Waals surface area contributed by atoms with Crippen LogP contribution < -0.4 is 15.0 Å². The number of benzene rings is 3. The number of halogens is 2. The quantitative estimate of drug-likeness (QED) is 0.283. The fourth-order valence-corrected chi connectivity index (χ4v) is 6.25. The van der Waals surface area contributed by atoms with Crippen LogP contribution in [-0.4, -0.2) is 84.0 Å². The van der Waals surface area contributed by atoms with E-state index in [0.29, 0.717) is 49.2 Å². The lowest BCUT2D eigenvalue weighted by Crippen LogP contribution is -2.49. The first-order chi connectivity index (χ1) is 20.1. The third-order valence-corrected chi connectivity index (χ3v) is 8.23. The smallest absolute Gasteiger partial charge is 0.319 e. The molecule has 3 N–H and O–H groups in total. The van der Waals surface area contributed by atoms with Gasteiger partial charge in [0.2, 0.25) is 0 Å². The van der Waals surface area contributed by atoms with Crippen LogP contribution in [0.1, 0.15) is 13.3 Å². The molecule has 0 amide bonds. The molecule has 0 spiro atoms. The van der Waals surface area contributed by atoms with Crippen molar-refractivity contribution in [3.8, 4) is 22.9 Å². The molecule has 3 atom stereocenters.